The molecule has 0 saturated heterocycles. The number of anilines is 1. The first-order valence-corrected chi connectivity index (χ1v) is 6.87. The highest BCUT2D eigenvalue weighted by molar-refractivity contribution is 5.92. The lowest BCUT2D eigenvalue weighted by Gasteiger charge is -2.24. The largest absolute Gasteiger partial charge is 0.478 e. The van der Waals surface area contributed by atoms with E-state index < -0.39 is 5.97 Å². The molecule has 108 valence electrons. The van der Waals surface area contributed by atoms with Crippen molar-refractivity contribution in [1.82, 2.24) is 4.90 Å². The zero-order valence-corrected chi connectivity index (χ0v) is 11.8. The predicted octanol–water partition coefficient (Wildman–Crippen LogP) is 3.10. The summed E-state index contributed by atoms with van der Waals surface area (Å²) < 4.78 is 0. The third-order valence-electron chi connectivity index (χ3n) is 3.90. The number of hydrogen-bond donors (Lipinski definition) is 2. The normalized spacial score (nSPS) is 15.1. The Morgan fingerprint density at radius 1 is 1.30 bits per heavy atom. The molecular formula is C15H20N2O3. The molecule has 0 heterocycles. The Labute approximate surface area is 118 Å². The fraction of sp³-hybridized carbons (Fsp3) is 0.467. The summed E-state index contributed by atoms with van der Waals surface area (Å²) in [6.07, 6.45) is 4.46. The Kier molecular flexibility index (Phi) is 4.27. The maximum atomic E-state index is 12.1. The SMILES string of the molecule is Cc1cc(NC(=O)N(C)C2CCCC2)ccc1C(=O)O. The van der Waals surface area contributed by atoms with Gasteiger partial charge in [0.05, 0.1) is 5.56 Å². The van der Waals surface area contributed by atoms with Crippen LogP contribution in [0.5, 0.6) is 0 Å². The number of carbonyl (C=O) groups excluding carboxylic acids is 1. The lowest BCUT2D eigenvalue weighted by Crippen LogP contribution is -2.38. The lowest BCUT2D eigenvalue weighted by atomic mass is 10.1. The number of urea groups is 1. The second-order valence-corrected chi connectivity index (χ2v) is 5.31. The molecule has 2 rings (SSSR count). The maximum absolute atomic E-state index is 12.1. The van der Waals surface area contributed by atoms with Crippen molar-refractivity contribution >= 4 is 17.7 Å². The number of hydrogen-bond acceptors (Lipinski definition) is 2. The average Bonchev–Trinajstić information content (AvgIpc) is 2.91. The summed E-state index contributed by atoms with van der Waals surface area (Å²) in [4.78, 5) is 24.8. The standard InChI is InChI=1S/C15H20N2O3/c1-10-9-11(7-8-13(10)14(18)19)16-15(20)17(2)12-5-3-4-6-12/h7-9,12H,3-6H2,1-2H3,(H,16,20)(H,18,19). The van der Waals surface area contributed by atoms with Crippen LogP contribution in [-0.4, -0.2) is 35.1 Å². The van der Waals surface area contributed by atoms with E-state index in [0.717, 1.165) is 12.8 Å². The Hall–Kier alpha value is -2.04. The lowest BCUT2D eigenvalue weighted by molar-refractivity contribution is 0.0696. The van der Waals surface area contributed by atoms with E-state index in [1.54, 1.807) is 24.0 Å². The number of carboxylic acids is 1. The fourth-order valence-corrected chi connectivity index (χ4v) is 2.65. The first-order chi connectivity index (χ1) is 9.49. The zero-order chi connectivity index (χ0) is 14.7. The van der Waals surface area contributed by atoms with Gasteiger partial charge in [-0.2, -0.15) is 0 Å². The Bertz CT molecular complexity index is 522. The molecule has 20 heavy (non-hydrogen) atoms. The molecule has 1 aliphatic rings. The summed E-state index contributed by atoms with van der Waals surface area (Å²) in [5.74, 6) is -0.955. The van der Waals surface area contributed by atoms with Crippen LogP contribution in [0.1, 0.15) is 41.6 Å². The molecule has 0 aliphatic heterocycles. The van der Waals surface area contributed by atoms with Gasteiger partial charge in [-0.1, -0.05) is 12.8 Å². The molecule has 1 aromatic carbocycles. The van der Waals surface area contributed by atoms with Gasteiger partial charge in [0.15, 0.2) is 0 Å². The molecule has 0 spiro atoms. The van der Waals surface area contributed by atoms with E-state index in [1.165, 1.54) is 18.9 Å². The molecule has 1 saturated carbocycles. The van der Waals surface area contributed by atoms with Crippen molar-refractivity contribution in [2.24, 2.45) is 0 Å². The van der Waals surface area contributed by atoms with Crippen LogP contribution in [0.15, 0.2) is 18.2 Å². The molecule has 0 bridgehead atoms. The number of carboxylic acid groups (broad SMARTS) is 1. The van der Waals surface area contributed by atoms with E-state index in [4.69, 9.17) is 5.11 Å². The quantitative estimate of drug-likeness (QED) is 0.891. The van der Waals surface area contributed by atoms with Crippen LogP contribution in [0.2, 0.25) is 0 Å². The van der Waals surface area contributed by atoms with Gasteiger partial charge in [-0.3, -0.25) is 0 Å². The van der Waals surface area contributed by atoms with Gasteiger partial charge in [-0.15, -0.1) is 0 Å². The summed E-state index contributed by atoms with van der Waals surface area (Å²) >= 11 is 0. The van der Waals surface area contributed by atoms with Gasteiger partial charge in [-0.05, 0) is 43.5 Å². The smallest absolute Gasteiger partial charge is 0.335 e. The number of rotatable bonds is 3. The Morgan fingerprint density at radius 2 is 1.95 bits per heavy atom. The highest BCUT2D eigenvalue weighted by atomic mass is 16.4. The summed E-state index contributed by atoms with van der Waals surface area (Å²) in [6.45, 7) is 1.72. The average molecular weight is 276 g/mol. The molecule has 2 N–H and O–H groups in total. The number of aryl methyl sites for hydroxylation is 1. The van der Waals surface area contributed by atoms with Gasteiger partial charge in [0.25, 0.3) is 0 Å². The molecule has 0 radical (unpaired) electrons. The van der Waals surface area contributed by atoms with Crippen molar-refractivity contribution < 1.29 is 14.7 Å². The summed E-state index contributed by atoms with van der Waals surface area (Å²) in [5.41, 5.74) is 1.52. The van der Waals surface area contributed by atoms with Gasteiger partial charge in [-0.25, -0.2) is 9.59 Å². The van der Waals surface area contributed by atoms with E-state index >= 15 is 0 Å². The molecule has 5 nitrogen and oxygen atoms in total. The molecule has 0 atom stereocenters. The molecule has 1 fully saturated rings. The Balaban J connectivity index is 2.04. The Morgan fingerprint density at radius 3 is 2.50 bits per heavy atom. The minimum Gasteiger partial charge on any atom is -0.478 e. The minimum atomic E-state index is -0.955. The third kappa shape index (κ3) is 3.10. The van der Waals surface area contributed by atoms with Crippen molar-refractivity contribution in [2.75, 3.05) is 12.4 Å². The summed E-state index contributed by atoms with van der Waals surface area (Å²) in [6, 6.07) is 5.00. The van der Waals surface area contributed by atoms with E-state index in [1.807, 2.05) is 7.05 Å². The van der Waals surface area contributed by atoms with Crippen LogP contribution in [0.4, 0.5) is 10.5 Å². The van der Waals surface area contributed by atoms with Crippen molar-refractivity contribution in [2.45, 2.75) is 38.6 Å². The molecule has 1 aliphatic carbocycles. The third-order valence-corrected chi connectivity index (χ3v) is 3.90. The highest BCUT2D eigenvalue weighted by Crippen LogP contribution is 2.23. The van der Waals surface area contributed by atoms with Crippen LogP contribution in [0.3, 0.4) is 0 Å². The number of benzene rings is 1. The molecule has 2 amide bonds. The van der Waals surface area contributed by atoms with E-state index in [0.29, 0.717) is 17.3 Å². The second-order valence-electron chi connectivity index (χ2n) is 5.31. The number of nitrogens with zero attached hydrogens (tertiary/aromatic N) is 1. The topological polar surface area (TPSA) is 69.6 Å². The first-order valence-electron chi connectivity index (χ1n) is 6.87. The van der Waals surface area contributed by atoms with Gasteiger partial charge in [0, 0.05) is 18.8 Å². The number of amides is 2. The predicted molar refractivity (Wildman–Crippen MR) is 77.2 cm³/mol. The molecule has 5 heteroatoms. The van der Waals surface area contributed by atoms with E-state index in [9.17, 15) is 9.59 Å². The van der Waals surface area contributed by atoms with Crippen molar-refractivity contribution in [1.29, 1.82) is 0 Å². The second kappa shape index (κ2) is 5.94. The summed E-state index contributed by atoms with van der Waals surface area (Å²) in [5, 5.41) is 11.8. The first kappa shape index (κ1) is 14.4. The minimum absolute atomic E-state index is 0.139. The number of carbonyl (C=O) groups is 2. The van der Waals surface area contributed by atoms with Gasteiger partial charge in [0.1, 0.15) is 0 Å². The number of aromatic carboxylic acids is 1. The van der Waals surface area contributed by atoms with Crippen molar-refractivity contribution in [3.8, 4) is 0 Å². The molecule has 0 unspecified atom stereocenters. The van der Waals surface area contributed by atoms with Crippen molar-refractivity contribution in [3.05, 3.63) is 29.3 Å². The maximum Gasteiger partial charge on any atom is 0.335 e. The highest BCUT2D eigenvalue weighted by Gasteiger charge is 2.23. The zero-order valence-electron chi connectivity index (χ0n) is 11.8. The monoisotopic (exact) mass is 276 g/mol. The van der Waals surface area contributed by atoms with Gasteiger partial charge in [0.2, 0.25) is 0 Å². The number of nitrogens with one attached hydrogen (secondary N) is 1. The van der Waals surface area contributed by atoms with Crippen LogP contribution < -0.4 is 5.32 Å². The van der Waals surface area contributed by atoms with Crippen LogP contribution in [0, 0.1) is 6.92 Å². The summed E-state index contributed by atoms with van der Waals surface area (Å²) in [7, 11) is 1.81. The van der Waals surface area contributed by atoms with Gasteiger partial charge >= 0.3 is 12.0 Å². The molecular weight excluding hydrogens is 256 g/mol. The van der Waals surface area contributed by atoms with E-state index in [2.05, 4.69) is 5.32 Å². The van der Waals surface area contributed by atoms with Crippen LogP contribution in [-0.2, 0) is 0 Å². The molecule has 1 aromatic rings. The van der Waals surface area contributed by atoms with Gasteiger partial charge < -0.3 is 15.3 Å². The molecule has 0 aromatic heterocycles. The van der Waals surface area contributed by atoms with Crippen LogP contribution >= 0.6 is 0 Å². The fourth-order valence-electron chi connectivity index (χ4n) is 2.65. The van der Waals surface area contributed by atoms with Crippen LogP contribution in [0.25, 0.3) is 0 Å². The van der Waals surface area contributed by atoms with Crippen molar-refractivity contribution in [3.63, 3.8) is 0 Å². The van der Waals surface area contributed by atoms with E-state index in [-0.39, 0.29) is 11.6 Å².